The summed E-state index contributed by atoms with van der Waals surface area (Å²) in [6.07, 6.45) is 1.65. The molecule has 0 aliphatic carbocycles. The summed E-state index contributed by atoms with van der Waals surface area (Å²) in [6, 6.07) is 4.09. The van der Waals surface area contributed by atoms with Gasteiger partial charge in [0.2, 0.25) is 12.7 Å². The normalized spacial score (nSPS) is 24.9. The number of nitrogens with two attached hydrogens (primary N) is 1. The van der Waals surface area contributed by atoms with Gasteiger partial charge in [-0.25, -0.2) is 23.1 Å². The van der Waals surface area contributed by atoms with E-state index in [2.05, 4.69) is 25.0 Å². The first-order valence-electron chi connectivity index (χ1n) is 9.73. The number of fused-ring (bicyclic) bond motifs is 1. The number of thioether (sulfide) groups is 1. The lowest BCUT2D eigenvalue weighted by Crippen LogP contribution is -2.50. The van der Waals surface area contributed by atoms with Crippen LogP contribution in [0, 0.1) is 11.7 Å². The van der Waals surface area contributed by atoms with Gasteiger partial charge in [0.1, 0.15) is 18.2 Å². The van der Waals surface area contributed by atoms with Gasteiger partial charge >= 0.3 is 0 Å². The maximum atomic E-state index is 15.0. The van der Waals surface area contributed by atoms with Crippen LogP contribution >= 0.6 is 11.8 Å². The third kappa shape index (κ3) is 4.37. The van der Waals surface area contributed by atoms with E-state index in [1.807, 2.05) is 0 Å². The van der Waals surface area contributed by atoms with Gasteiger partial charge in [0.25, 0.3) is 5.91 Å². The molecule has 1 aromatic carbocycles. The number of alkyl halides is 2. The van der Waals surface area contributed by atoms with Crippen LogP contribution < -0.4 is 15.8 Å². The van der Waals surface area contributed by atoms with Crippen molar-refractivity contribution in [3.05, 3.63) is 47.7 Å². The minimum atomic E-state index is -1.10. The van der Waals surface area contributed by atoms with Gasteiger partial charge in [-0.15, -0.1) is 0 Å². The molecule has 8 nitrogen and oxygen atoms in total. The Morgan fingerprint density at radius 3 is 2.91 bits per heavy atom. The number of benzene rings is 1. The topological polar surface area (TPSA) is 112 Å². The quantitative estimate of drug-likeness (QED) is 0.672. The number of nitrogens with zero attached hydrogens (tertiary/aromatic N) is 3. The van der Waals surface area contributed by atoms with Crippen LogP contribution in [0.4, 0.5) is 18.9 Å². The summed E-state index contributed by atoms with van der Waals surface area (Å²) in [6.45, 7) is -1.58. The molecule has 1 unspecified atom stereocenters. The Morgan fingerprint density at radius 1 is 1.34 bits per heavy atom. The van der Waals surface area contributed by atoms with Crippen molar-refractivity contribution in [1.29, 1.82) is 0 Å². The van der Waals surface area contributed by atoms with Gasteiger partial charge in [0, 0.05) is 29.3 Å². The van der Waals surface area contributed by atoms with Crippen LogP contribution in [0.1, 0.15) is 22.5 Å². The lowest BCUT2D eigenvalue weighted by atomic mass is 9.73. The van der Waals surface area contributed by atoms with Gasteiger partial charge in [-0.05, 0) is 18.2 Å². The van der Waals surface area contributed by atoms with E-state index in [1.54, 1.807) is 0 Å². The monoisotopic (exact) mass is 467 g/mol. The number of carbonyl (C=O) groups is 1. The van der Waals surface area contributed by atoms with Crippen molar-refractivity contribution in [1.82, 2.24) is 9.97 Å². The maximum absolute atomic E-state index is 15.0. The van der Waals surface area contributed by atoms with Gasteiger partial charge in [-0.3, -0.25) is 9.79 Å². The molecule has 32 heavy (non-hydrogen) atoms. The summed E-state index contributed by atoms with van der Waals surface area (Å²) in [5.41, 5.74) is 5.33. The minimum absolute atomic E-state index is 0.0435. The van der Waals surface area contributed by atoms with Crippen molar-refractivity contribution in [2.45, 2.75) is 18.1 Å². The second kappa shape index (κ2) is 9.33. The van der Waals surface area contributed by atoms with E-state index in [1.165, 1.54) is 30.0 Å². The molecule has 1 fully saturated rings. The van der Waals surface area contributed by atoms with Crippen molar-refractivity contribution in [3.8, 4) is 5.88 Å². The maximum Gasteiger partial charge on any atom is 0.275 e. The first-order valence-corrected chi connectivity index (χ1v) is 10.7. The van der Waals surface area contributed by atoms with Crippen LogP contribution in [0.5, 0.6) is 5.88 Å². The molecule has 1 amide bonds. The summed E-state index contributed by atoms with van der Waals surface area (Å²) in [5, 5.41) is 2.92. The number of amidine groups is 1. The van der Waals surface area contributed by atoms with E-state index in [-0.39, 0.29) is 36.1 Å². The molecule has 2 aliphatic rings. The zero-order valence-electron chi connectivity index (χ0n) is 16.8. The fourth-order valence-corrected chi connectivity index (χ4v) is 4.85. The molecular weight excluding hydrogens is 447 g/mol. The van der Waals surface area contributed by atoms with Crippen molar-refractivity contribution >= 4 is 28.5 Å². The average molecular weight is 467 g/mol. The molecule has 3 atom stereocenters. The minimum Gasteiger partial charge on any atom is -0.445 e. The molecule has 0 radical (unpaired) electrons. The molecule has 1 saturated heterocycles. The Balaban J connectivity index is 1.64. The molecule has 3 N–H and O–H groups in total. The second-order valence-electron chi connectivity index (χ2n) is 7.34. The average Bonchev–Trinajstić information content (AvgIpc) is 2.80. The largest absolute Gasteiger partial charge is 0.445 e. The van der Waals surface area contributed by atoms with Crippen molar-refractivity contribution < 1.29 is 27.4 Å². The highest BCUT2D eigenvalue weighted by Crippen LogP contribution is 2.48. The van der Waals surface area contributed by atoms with E-state index in [0.29, 0.717) is 16.6 Å². The number of aliphatic imine (C=N–C) groups is 1. The van der Waals surface area contributed by atoms with Crippen molar-refractivity contribution in [3.63, 3.8) is 0 Å². The number of anilines is 1. The Kier molecular flexibility index (Phi) is 6.51. The summed E-state index contributed by atoms with van der Waals surface area (Å²) < 4.78 is 50.8. The molecule has 12 heteroatoms. The predicted octanol–water partition coefficient (Wildman–Crippen LogP) is 2.81. The zero-order chi connectivity index (χ0) is 22.7. The SMILES string of the molecule is NC1=NC2(c3cc(NC(=O)c4cnc(OCF)cn4)ccc3F)C[C@H](CF)OC[C@H]2CS1. The molecule has 4 rings (SSSR count). The molecule has 0 saturated carbocycles. The number of aromatic nitrogens is 2. The Morgan fingerprint density at radius 2 is 2.19 bits per heavy atom. The Hall–Kier alpha value is -2.86. The number of hydrogen-bond donors (Lipinski definition) is 2. The number of hydrogen-bond acceptors (Lipinski definition) is 8. The number of halogens is 3. The van der Waals surface area contributed by atoms with Crippen LogP contribution in [0.15, 0.2) is 35.6 Å². The summed E-state index contributed by atoms with van der Waals surface area (Å²) in [4.78, 5) is 24.8. The Labute approximate surface area is 185 Å². The highest BCUT2D eigenvalue weighted by atomic mass is 32.2. The summed E-state index contributed by atoms with van der Waals surface area (Å²) in [5.74, 6) is -0.870. The fourth-order valence-electron chi connectivity index (χ4n) is 3.88. The van der Waals surface area contributed by atoms with E-state index < -0.39 is 36.9 Å². The van der Waals surface area contributed by atoms with Gasteiger partial charge < -0.3 is 20.5 Å². The number of rotatable bonds is 6. The van der Waals surface area contributed by atoms with E-state index >= 15 is 4.39 Å². The molecular formula is C20H20F3N5O3S. The highest BCUT2D eigenvalue weighted by molar-refractivity contribution is 8.13. The van der Waals surface area contributed by atoms with Crippen molar-refractivity contribution in [2.75, 3.05) is 31.2 Å². The number of carbonyl (C=O) groups excluding carboxylic acids is 1. The highest BCUT2D eigenvalue weighted by Gasteiger charge is 2.49. The molecule has 3 heterocycles. The number of ether oxygens (including phenoxy) is 2. The molecule has 170 valence electrons. The van der Waals surface area contributed by atoms with Crippen LogP contribution in [0.2, 0.25) is 0 Å². The third-order valence-electron chi connectivity index (χ3n) is 5.42. The number of amides is 1. The van der Waals surface area contributed by atoms with Gasteiger partial charge in [-0.2, -0.15) is 0 Å². The fraction of sp³-hybridized carbons (Fsp3) is 0.400. The molecule has 2 aromatic rings. The first kappa shape index (κ1) is 22.3. The van der Waals surface area contributed by atoms with Crippen LogP contribution in [-0.4, -0.2) is 53.0 Å². The lowest BCUT2D eigenvalue weighted by molar-refractivity contribution is -0.0620. The number of nitrogens with one attached hydrogen (secondary N) is 1. The van der Waals surface area contributed by atoms with Gasteiger partial charge in [0.05, 0.1) is 30.6 Å². The molecule has 2 aliphatic heterocycles. The standard InChI is InChI=1S/C20H20F3N5O3S/c21-5-13-4-20(11(8-30-13)9-32-19(24)28-20)14-3-12(1-2-15(14)23)27-18(29)16-6-26-17(7-25-16)31-10-22/h1-3,6-7,11,13H,4-5,8-10H2,(H2,24,28)(H,27,29)/t11-,13+,20?/m0/s1. The summed E-state index contributed by atoms with van der Waals surface area (Å²) >= 11 is 1.34. The molecule has 0 spiro atoms. The predicted molar refractivity (Wildman–Crippen MR) is 113 cm³/mol. The van der Waals surface area contributed by atoms with E-state index in [0.717, 1.165) is 12.4 Å². The van der Waals surface area contributed by atoms with Gasteiger partial charge in [-0.1, -0.05) is 11.8 Å². The van der Waals surface area contributed by atoms with E-state index in [9.17, 15) is 13.6 Å². The van der Waals surface area contributed by atoms with Crippen molar-refractivity contribution in [2.24, 2.45) is 16.6 Å². The molecule has 1 aromatic heterocycles. The smallest absolute Gasteiger partial charge is 0.275 e. The third-order valence-corrected chi connectivity index (χ3v) is 6.37. The van der Waals surface area contributed by atoms with Crippen LogP contribution in [0.3, 0.4) is 0 Å². The van der Waals surface area contributed by atoms with Gasteiger partial charge in [0.15, 0.2) is 5.17 Å². The summed E-state index contributed by atoms with van der Waals surface area (Å²) in [7, 11) is 0. The molecule has 0 bridgehead atoms. The Bertz CT molecular complexity index is 1030. The zero-order valence-corrected chi connectivity index (χ0v) is 17.6. The van der Waals surface area contributed by atoms with E-state index in [4.69, 9.17) is 10.5 Å². The first-order chi connectivity index (χ1) is 15.4. The van der Waals surface area contributed by atoms with Crippen LogP contribution in [-0.2, 0) is 10.3 Å². The second-order valence-corrected chi connectivity index (χ2v) is 8.38. The lowest BCUT2D eigenvalue weighted by Gasteiger charge is -2.46. The van der Waals surface area contributed by atoms with Crippen LogP contribution in [0.25, 0.3) is 0 Å².